The van der Waals surface area contributed by atoms with Gasteiger partial charge in [-0.2, -0.15) is 0 Å². The van der Waals surface area contributed by atoms with E-state index >= 15 is 0 Å². The number of ether oxygens (including phenoxy) is 2. The second-order valence-corrected chi connectivity index (χ2v) is 9.97. The molecule has 2 bridgehead atoms. The molecular weight excluding hydrogens is 444 g/mol. The van der Waals surface area contributed by atoms with Gasteiger partial charge in [0.15, 0.2) is 0 Å². The van der Waals surface area contributed by atoms with Crippen molar-refractivity contribution in [2.75, 3.05) is 39.2 Å². The fourth-order valence-corrected chi connectivity index (χ4v) is 5.93. The molecule has 1 amide bonds. The number of H-pyrrole nitrogens is 1. The predicted molar refractivity (Wildman–Crippen MR) is 134 cm³/mol. The maximum absolute atomic E-state index is 13.0. The number of methoxy groups -OCH3 is 2. The smallest absolute Gasteiger partial charge is 0.228 e. The van der Waals surface area contributed by atoms with Gasteiger partial charge in [0.25, 0.3) is 0 Å². The highest BCUT2D eigenvalue weighted by molar-refractivity contribution is 5.97. The topological polar surface area (TPSA) is 104 Å². The number of aromatic nitrogens is 3. The number of aryl methyl sites for hydroxylation is 1. The number of carbonyl (C=O) groups excluding carboxylic acids is 1. The third-order valence-corrected chi connectivity index (χ3v) is 7.84. The van der Waals surface area contributed by atoms with Gasteiger partial charge in [-0.15, -0.1) is 0 Å². The molecule has 3 aromatic rings. The van der Waals surface area contributed by atoms with Crippen molar-refractivity contribution in [1.29, 1.82) is 0 Å². The number of nitrogens with zero attached hydrogens (tertiary/aromatic N) is 3. The number of aromatic amines is 1. The molecule has 35 heavy (non-hydrogen) atoms. The average Bonchev–Trinajstić information content (AvgIpc) is 3.45. The molecule has 3 aromatic heterocycles. The second-order valence-electron chi connectivity index (χ2n) is 9.97. The van der Waals surface area contributed by atoms with Crippen LogP contribution < -0.4 is 20.1 Å². The molecule has 9 heteroatoms. The summed E-state index contributed by atoms with van der Waals surface area (Å²) in [5.74, 6) is 2.34. The van der Waals surface area contributed by atoms with Crippen LogP contribution in [0.2, 0.25) is 0 Å². The van der Waals surface area contributed by atoms with Crippen LogP contribution in [0.5, 0.6) is 11.6 Å². The number of pyridine rings is 2. The van der Waals surface area contributed by atoms with Gasteiger partial charge in [0.2, 0.25) is 11.8 Å². The van der Waals surface area contributed by atoms with Crippen LogP contribution in [0.4, 0.5) is 5.82 Å². The Morgan fingerprint density at radius 2 is 2.00 bits per heavy atom. The molecule has 2 saturated heterocycles. The van der Waals surface area contributed by atoms with Crippen LogP contribution in [-0.4, -0.2) is 71.7 Å². The van der Waals surface area contributed by atoms with E-state index < -0.39 is 0 Å². The average molecular weight is 477 g/mol. The summed E-state index contributed by atoms with van der Waals surface area (Å²) in [6.07, 6.45) is 5.17. The van der Waals surface area contributed by atoms with Crippen LogP contribution in [-0.2, 0) is 4.79 Å². The number of carbonyl (C=O) groups is 1. The first-order valence-corrected chi connectivity index (χ1v) is 12.4. The highest BCUT2D eigenvalue weighted by atomic mass is 16.5. The van der Waals surface area contributed by atoms with Crippen LogP contribution in [0.1, 0.15) is 25.0 Å². The Kier molecular flexibility index (Phi) is 5.61. The molecule has 6 rings (SSSR count). The molecule has 5 heterocycles. The van der Waals surface area contributed by atoms with Gasteiger partial charge in [0.1, 0.15) is 17.1 Å². The first kappa shape index (κ1) is 22.3. The number of amides is 1. The molecule has 3 aliphatic rings. The zero-order valence-corrected chi connectivity index (χ0v) is 20.4. The molecule has 184 valence electrons. The van der Waals surface area contributed by atoms with Crippen LogP contribution in [0.3, 0.4) is 0 Å². The SMILES string of the molecule is COc1ccnc(OC)c1-c1cc2cc(NC(=O)[C@@H]3C[C@H]3CN3C4CCC3CNC4)nc(C)c2[nH]1. The number of hydrogen-bond acceptors (Lipinski definition) is 7. The van der Waals surface area contributed by atoms with E-state index in [1.807, 2.05) is 19.1 Å². The summed E-state index contributed by atoms with van der Waals surface area (Å²) >= 11 is 0. The first-order valence-electron chi connectivity index (χ1n) is 12.4. The minimum Gasteiger partial charge on any atom is -0.496 e. The van der Waals surface area contributed by atoms with Gasteiger partial charge < -0.3 is 25.1 Å². The van der Waals surface area contributed by atoms with E-state index in [9.17, 15) is 4.79 Å². The van der Waals surface area contributed by atoms with Gasteiger partial charge in [-0.05, 0) is 50.3 Å². The third-order valence-electron chi connectivity index (χ3n) is 7.84. The van der Waals surface area contributed by atoms with Crippen molar-refractivity contribution in [3.8, 4) is 22.9 Å². The molecule has 9 nitrogen and oxygen atoms in total. The number of nitrogens with one attached hydrogen (secondary N) is 3. The number of hydrogen-bond donors (Lipinski definition) is 3. The van der Waals surface area contributed by atoms with E-state index in [0.29, 0.717) is 35.4 Å². The summed E-state index contributed by atoms with van der Waals surface area (Å²) in [4.78, 5) is 28.1. The molecule has 0 aromatic carbocycles. The molecular formula is C26H32N6O3. The summed E-state index contributed by atoms with van der Waals surface area (Å²) in [5.41, 5.74) is 3.30. The normalized spacial score (nSPS) is 25.6. The van der Waals surface area contributed by atoms with Crippen molar-refractivity contribution in [3.63, 3.8) is 0 Å². The van der Waals surface area contributed by atoms with Crippen molar-refractivity contribution in [3.05, 3.63) is 30.1 Å². The maximum Gasteiger partial charge on any atom is 0.228 e. The van der Waals surface area contributed by atoms with Crippen molar-refractivity contribution < 1.29 is 14.3 Å². The number of fused-ring (bicyclic) bond motifs is 3. The van der Waals surface area contributed by atoms with Crippen LogP contribution in [0.15, 0.2) is 24.4 Å². The highest BCUT2D eigenvalue weighted by Crippen LogP contribution is 2.43. The lowest BCUT2D eigenvalue weighted by Crippen LogP contribution is -2.52. The monoisotopic (exact) mass is 476 g/mol. The molecule has 1 aliphatic carbocycles. The summed E-state index contributed by atoms with van der Waals surface area (Å²) in [6, 6.07) is 7.03. The van der Waals surface area contributed by atoms with E-state index in [0.717, 1.165) is 53.9 Å². The molecule has 2 aliphatic heterocycles. The Bertz CT molecular complexity index is 1240. The molecule has 1 saturated carbocycles. The lowest BCUT2D eigenvalue weighted by molar-refractivity contribution is -0.117. The van der Waals surface area contributed by atoms with Crippen molar-refractivity contribution >= 4 is 22.6 Å². The Balaban J connectivity index is 1.18. The fraction of sp³-hybridized carbons (Fsp3) is 0.500. The van der Waals surface area contributed by atoms with E-state index in [-0.39, 0.29) is 11.8 Å². The van der Waals surface area contributed by atoms with E-state index in [2.05, 4.69) is 30.5 Å². The fourth-order valence-electron chi connectivity index (χ4n) is 5.93. The minimum atomic E-state index is 0.0767. The second kappa shape index (κ2) is 8.80. The zero-order chi connectivity index (χ0) is 24.1. The summed E-state index contributed by atoms with van der Waals surface area (Å²) in [5, 5.41) is 7.57. The van der Waals surface area contributed by atoms with Crippen molar-refractivity contribution in [1.82, 2.24) is 25.2 Å². The highest BCUT2D eigenvalue weighted by Gasteiger charge is 2.47. The Labute approximate surface area is 204 Å². The summed E-state index contributed by atoms with van der Waals surface area (Å²) in [6.45, 7) is 5.14. The molecule has 4 atom stereocenters. The van der Waals surface area contributed by atoms with Crippen LogP contribution in [0.25, 0.3) is 22.2 Å². The van der Waals surface area contributed by atoms with E-state index in [1.54, 1.807) is 26.5 Å². The first-order chi connectivity index (χ1) is 17.1. The van der Waals surface area contributed by atoms with Gasteiger partial charge in [-0.25, -0.2) is 9.97 Å². The molecule has 2 unspecified atom stereocenters. The molecule has 0 spiro atoms. The predicted octanol–water partition coefficient (Wildman–Crippen LogP) is 2.96. The third kappa shape index (κ3) is 4.02. The zero-order valence-electron chi connectivity index (χ0n) is 20.4. The largest absolute Gasteiger partial charge is 0.496 e. The maximum atomic E-state index is 13.0. The lowest BCUT2D eigenvalue weighted by Gasteiger charge is -2.35. The minimum absolute atomic E-state index is 0.0767. The van der Waals surface area contributed by atoms with Crippen LogP contribution >= 0.6 is 0 Å². The van der Waals surface area contributed by atoms with Crippen molar-refractivity contribution in [2.45, 2.75) is 38.3 Å². The molecule has 0 radical (unpaired) electrons. The standard InChI is InChI=1S/C26H32N6O3/c1-14-24-15(9-20(30-24)23-21(34-2)6-7-28-26(23)35-3)10-22(29-14)31-25(33)19-8-16(19)13-32-17-4-5-18(32)12-27-11-17/h6-7,9-10,16-19,27,30H,4-5,8,11-13H2,1-3H3,(H,29,31,33)/t16-,17?,18?,19+/m0/s1. The van der Waals surface area contributed by atoms with E-state index in [1.165, 1.54) is 12.8 Å². The number of anilines is 1. The molecule has 3 fully saturated rings. The van der Waals surface area contributed by atoms with Gasteiger partial charge >= 0.3 is 0 Å². The Hall–Kier alpha value is -3.17. The summed E-state index contributed by atoms with van der Waals surface area (Å²) < 4.78 is 11.0. The van der Waals surface area contributed by atoms with E-state index in [4.69, 9.17) is 9.47 Å². The Morgan fingerprint density at radius 1 is 1.20 bits per heavy atom. The van der Waals surface area contributed by atoms with Gasteiger partial charge in [-0.1, -0.05) is 0 Å². The van der Waals surface area contributed by atoms with Gasteiger partial charge in [-0.3, -0.25) is 9.69 Å². The Morgan fingerprint density at radius 3 is 2.74 bits per heavy atom. The van der Waals surface area contributed by atoms with Gasteiger partial charge in [0.05, 0.1) is 31.1 Å². The lowest BCUT2D eigenvalue weighted by atomic mass is 10.1. The van der Waals surface area contributed by atoms with Crippen molar-refractivity contribution in [2.24, 2.45) is 11.8 Å². The number of piperazine rings is 1. The van der Waals surface area contributed by atoms with Crippen LogP contribution in [0, 0.1) is 18.8 Å². The quantitative estimate of drug-likeness (QED) is 0.482. The summed E-state index contributed by atoms with van der Waals surface area (Å²) in [7, 11) is 3.21. The molecule has 3 N–H and O–H groups in total. The van der Waals surface area contributed by atoms with Gasteiger partial charge in [0, 0.05) is 49.2 Å². The number of rotatable bonds is 7.